The van der Waals surface area contributed by atoms with Crippen LogP contribution in [-0.2, 0) is 17.6 Å². The highest BCUT2D eigenvalue weighted by atomic mass is 16.5. The number of hydrogen-bond acceptors (Lipinski definition) is 2. The lowest BCUT2D eigenvalue weighted by atomic mass is 9.93. The highest BCUT2D eigenvalue weighted by Gasteiger charge is 2.17. The number of methoxy groups -OCH3 is 1. The van der Waals surface area contributed by atoms with Crippen molar-refractivity contribution in [1.29, 1.82) is 0 Å². The Balaban J connectivity index is 1.96. The summed E-state index contributed by atoms with van der Waals surface area (Å²) in [5.74, 6) is -0.310. The summed E-state index contributed by atoms with van der Waals surface area (Å²) >= 11 is 0. The van der Waals surface area contributed by atoms with Crippen molar-refractivity contribution in [2.75, 3.05) is 7.11 Å². The lowest BCUT2D eigenvalue weighted by molar-refractivity contribution is -0.141. The monoisotopic (exact) mass is 284 g/mol. The molecule has 1 N–H and O–H groups in total. The van der Waals surface area contributed by atoms with Crippen molar-refractivity contribution in [1.82, 2.24) is 0 Å². The average Bonchev–Trinajstić information content (AvgIpc) is 2.52. The van der Waals surface area contributed by atoms with E-state index >= 15 is 0 Å². The zero-order valence-corrected chi connectivity index (χ0v) is 12.2. The minimum absolute atomic E-state index is 0.362. The van der Waals surface area contributed by atoms with Crippen LogP contribution in [0.4, 0.5) is 0 Å². The van der Waals surface area contributed by atoms with Gasteiger partial charge in [0.15, 0.2) is 0 Å². The molecule has 3 nitrogen and oxygen atoms in total. The number of benzene rings is 2. The normalized spacial score (nSPS) is 11.9. The Labute approximate surface area is 125 Å². The molecule has 3 heteroatoms. The molecule has 0 aromatic heterocycles. The van der Waals surface area contributed by atoms with Gasteiger partial charge in [-0.15, -0.1) is 0 Å². The first-order chi connectivity index (χ1) is 10.2. The minimum atomic E-state index is -0.734. The van der Waals surface area contributed by atoms with Crippen LogP contribution < -0.4 is 4.74 Å². The quantitative estimate of drug-likeness (QED) is 0.845. The van der Waals surface area contributed by atoms with Crippen molar-refractivity contribution in [3.63, 3.8) is 0 Å². The average molecular weight is 284 g/mol. The van der Waals surface area contributed by atoms with Crippen molar-refractivity contribution in [3.05, 3.63) is 65.7 Å². The molecule has 0 aliphatic carbocycles. The van der Waals surface area contributed by atoms with Crippen molar-refractivity contribution in [2.24, 2.45) is 5.92 Å². The molecule has 0 heterocycles. The predicted molar refractivity (Wildman–Crippen MR) is 82.6 cm³/mol. The molecule has 0 saturated carbocycles. The van der Waals surface area contributed by atoms with Crippen LogP contribution in [0.25, 0.3) is 0 Å². The summed E-state index contributed by atoms with van der Waals surface area (Å²) in [5, 5.41) is 9.39. The summed E-state index contributed by atoms with van der Waals surface area (Å²) in [7, 11) is 1.62. The molecule has 110 valence electrons. The number of aryl methyl sites for hydroxylation is 1. The maximum Gasteiger partial charge on any atom is 0.306 e. The van der Waals surface area contributed by atoms with Gasteiger partial charge in [-0.2, -0.15) is 0 Å². The van der Waals surface area contributed by atoms with E-state index in [1.807, 2.05) is 54.6 Å². The van der Waals surface area contributed by atoms with E-state index in [1.54, 1.807) is 7.11 Å². The van der Waals surface area contributed by atoms with Gasteiger partial charge in [-0.3, -0.25) is 4.79 Å². The molecule has 2 rings (SSSR count). The van der Waals surface area contributed by atoms with E-state index in [1.165, 1.54) is 5.56 Å². The molecule has 0 aliphatic heterocycles. The number of carboxylic acids is 1. The first-order valence-corrected chi connectivity index (χ1v) is 7.08. The first-order valence-electron chi connectivity index (χ1n) is 7.08. The molecule has 0 spiro atoms. The second-order valence-electron chi connectivity index (χ2n) is 5.11. The molecule has 0 aliphatic rings. The Morgan fingerprint density at radius 1 is 1.05 bits per heavy atom. The summed E-state index contributed by atoms with van der Waals surface area (Å²) < 4.78 is 5.11. The SMILES string of the molecule is COc1ccc(CC(CCc2ccccc2)C(=O)O)cc1. The second kappa shape index (κ2) is 7.48. The van der Waals surface area contributed by atoms with E-state index < -0.39 is 5.97 Å². The van der Waals surface area contributed by atoms with Crippen LogP contribution in [0.3, 0.4) is 0 Å². The molecule has 1 atom stereocenters. The summed E-state index contributed by atoms with van der Waals surface area (Å²) in [6, 6.07) is 17.6. The van der Waals surface area contributed by atoms with Crippen LogP contribution in [-0.4, -0.2) is 18.2 Å². The van der Waals surface area contributed by atoms with Crippen LogP contribution in [0.5, 0.6) is 5.75 Å². The standard InChI is InChI=1S/C18H20O3/c1-21-17-11-8-15(9-12-17)13-16(18(19)20)10-7-14-5-3-2-4-6-14/h2-6,8-9,11-12,16H,7,10,13H2,1H3,(H,19,20). The van der Waals surface area contributed by atoms with E-state index in [4.69, 9.17) is 4.74 Å². The molecular weight excluding hydrogens is 264 g/mol. The van der Waals surface area contributed by atoms with Gasteiger partial charge in [-0.25, -0.2) is 0 Å². The lowest BCUT2D eigenvalue weighted by Crippen LogP contribution is -2.17. The van der Waals surface area contributed by atoms with Crippen LogP contribution in [0.1, 0.15) is 17.5 Å². The maximum atomic E-state index is 11.4. The van der Waals surface area contributed by atoms with E-state index in [0.717, 1.165) is 17.7 Å². The predicted octanol–water partition coefficient (Wildman–Crippen LogP) is 3.57. The molecule has 21 heavy (non-hydrogen) atoms. The molecule has 2 aromatic rings. The summed E-state index contributed by atoms with van der Waals surface area (Å²) in [6.07, 6.45) is 1.98. The zero-order chi connectivity index (χ0) is 15.1. The molecule has 0 amide bonds. The number of rotatable bonds is 7. The summed E-state index contributed by atoms with van der Waals surface area (Å²) in [4.78, 5) is 11.4. The highest BCUT2D eigenvalue weighted by molar-refractivity contribution is 5.70. The number of carboxylic acid groups (broad SMARTS) is 1. The van der Waals surface area contributed by atoms with Gasteiger partial charge in [-0.1, -0.05) is 42.5 Å². The maximum absolute atomic E-state index is 11.4. The van der Waals surface area contributed by atoms with Gasteiger partial charge < -0.3 is 9.84 Å². The van der Waals surface area contributed by atoms with Crippen LogP contribution in [0.15, 0.2) is 54.6 Å². The Bertz CT molecular complexity index is 561. The van der Waals surface area contributed by atoms with Gasteiger partial charge >= 0.3 is 5.97 Å². The van der Waals surface area contributed by atoms with Gasteiger partial charge in [0, 0.05) is 0 Å². The van der Waals surface area contributed by atoms with Crippen LogP contribution in [0.2, 0.25) is 0 Å². The topological polar surface area (TPSA) is 46.5 Å². The highest BCUT2D eigenvalue weighted by Crippen LogP contribution is 2.18. The largest absolute Gasteiger partial charge is 0.497 e. The smallest absolute Gasteiger partial charge is 0.306 e. The third-order valence-corrected chi connectivity index (χ3v) is 3.61. The minimum Gasteiger partial charge on any atom is -0.497 e. The van der Waals surface area contributed by atoms with Crippen LogP contribution in [0, 0.1) is 5.92 Å². The second-order valence-corrected chi connectivity index (χ2v) is 5.11. The van der Waals surface area contributed by atoms with Crippen LogP contribution >= 0.6 is 0 Å². The molecule has 0 radical (unpaired) electrons. The van der Waals surface area contributed by atoms with Gasteiger partial charge in [0.25, 0.3) is 0 Å². The third kappa shape index (κ3) is 4.63. The Kier molecular flexibility index (Phi) is 5.38. The van der Waals surface area contributed by atoms with Gasteiger partial charge in [0.05, 0.1) is 13.0 Å². The van der Waals surface area contributed by atoms with Crippen molar-refractivity contribution in [2.45, 2.75) is 19.3 Å². The van der Waals surface area contributed by atoms with Gasteiger partial charge in [0.2, 0.25) is 0 Å². The molecule has 0 fully saturated rings. The molecule has 0 saturated heterocycles. The van der Waals surface area contributed by atoms with E-state index in [-0.39, 0.29) is 5.92 Å². The molecule has 0 bridgehead atoms. The lowest BCUT2D eigenvalue weighted by Gasteiger charge is -2.13. The number of ether oxygens (including phenoxy) is 1. The molecular formula is C18H20O3. The van der Waals surface area contributed by atoms with Gasteiger partial charge in [0.1, 0.15) is 5.75 Å². The zero-order valence-electron chi connectivity index (χ0n) is 12.2. The molecule has 2 aromatic carbocycles. The molecule has 1 unspecified atom stereocenters. The fourth-order valence-electron chi connectivity index (χ4n) is 2.34. The summed E-state index contributed by atoms with van der Waals surface area (Å²) in [6.45, 7) is 0. The third-order valence-electron chi connectivity index (χ3n) is 3.61. The Hall–Kier alpha value is -2.29. The van der Waals surface area contributed by atoms with Crippen molar-refractivity contribution >= 4 is 5.97 Å². The number of hydrogen-bond donors (Lipinski definition) is 1. The van der Waals surface area contributed by atoms with Crippen molar-refractivity contribution in [3.8, 4) is 5.75 Å². The first kappa shape index (κ1) is 15.1. The fourth-order valence-corrected chi connectivity index (χ4v) is 2.34. The fraction of sp³-hybridized carbons (Fsp3) is 0.278. The Morgan fingerprint density at radius 3 is 2.29 bits per heavy atom. The Morgan fingerprint density at radius 2 is 1.71 bits per heavy atom. The summed E-state index contributed by atoms with van der Waals surface area (Å²) in [5.41, 5.74) is 2.20. The van der Waals surface area contributed by atoms with Gasteiger partial charge in [-0.05, 0) is 42.5 Å². The number of aliphatic carboxylic acids is 1. The van der Waals surface area contributed by atoms with E-state index in [0.29, 0.717) is 12.8 Å². The van der Waals surface area contributed by atoms with E-state index in [2.05, 4.69) is 0 Å². The van der Waals surface area contributed by atoms with Crippen molar-refractivity contribution < 1.29 is 14.6 Å². The van der Waals surface area contributed by atoms with E-state index in [9.17, 15) is 9.90 Å². The number of carbonyl (C=O) groups is 1.